The van der Waals surface area contributed by atoms with Crippen molar-refractivity contribution in [1.82, 2.24) is 10.7 Å². The molecule has 0 saturated heterocycles. The second-order valence-corrected chi connectivity index (χ2v) is 7.02. The van der Waals surface area contributed by atoms with Crippen LogP contribution < -0.4 is 15.5 Å². The second kappa shape index (κ2) is 12.4. The maximum atomic E-state index is 12.4. The highest BCUT2D eigenvalue weighted by molar-refractivity contribution is 9.10. The number of ether oxygens (including phenoxy) is 2. The quantitative estimate of drug-likeness (QED) is 0.305. The van der Waals surface area contributed by atoms with Gasteiger partial charge in [0.25, 0.3) is 0 Å². The number of hydrazone groups is 1. The topological polar surface area (TPSA) is 89.0 Å². The molecule has 2 amide bonds. The Morgan fingerprint density at radius 2 is 2.00 bits per heavy atom. The van der Waals surface area contributed by atoms with Crippen molar-refractivity contribution in [2.24, 2.45) is 5.10 Å². The lowest BCUT2D eigenvalue weighted by Crippen LogP contribution is -2.33. The summed E-state index contributed by atoms with van der Waals surface area (Å²) < 4.78 is 11.4. The van der Waals surface area contributed by atoms with Gasteiger partial charge in [0.2, 0.25) is 5.91 Å². The van der Waals surface area contributed by atoms with Gasteiger partial charge in [-0.15, -0.1) is 0 Å². The Morgan fingerprint density at radius 1 is 1.23 bits per heavy atom. The summed E-state index contributed by atoms with van der Waals surface area (Å²) in [6.07, 6.45) is 2.56. The van der Waals surface area contributed by atoms with Crippen molar-refractivity contribution < 1.29 is 19.1 Å². The fourth-order valence-corrected chi connectivity index (χ4v) is 2.94. The van der Waals surface area contributed by atoms with Crippen LogP contribution in [0, 0.1) is 0 Å². The average Bonchev–Trinajstić information content (AvgIpc) is 2.73. The number of carbonyl (C=O) groups excluding carboxylic acids is 2. The van der Waals surface area contributed by atoms with E-state index in [9.17, 15) is 9.59 Å². The molecule has 0 radical (unpaired) electrons. The van der Waals surface area contributed by atoms with Crippen LogP contribution in [-0.4, -0.2) is 31.4 Å². The number of amides is 2. The Bertz CT molecular complexity index is 887. The summed E-state index contributed by atoms with van der Waals surface area (Å²) in [6, 6.07) is 14.1. The van der Waals surface area contributed by atoms with E-state index in [-0.39, 0.29) is 18.9 Å². The predicted molar refractivity (Wildman–Crippen MR) is 120 cm³/mol. The van der Waals surface area contributed by atoms with Crippen molar-refractivity contribution in [2.75, 3.05) is 13.2 Å². The van der Waals surface area contributed by atoms with Gasteiger partial charge in [-0.05, 0) is 30.7 Å². The van der Waals surface area contributed by atoms with Gasteiger partial charge in [-0.1, -0.05) is 58.9 Å². The van der Waals surface area contributed by atoms with E-state index < -0.39 is 12.1 Å². The van der Waals surface area contributed by atoms with Crippen LogP contribution in [0.5, 0.6) is 5.75 Å². The molecule has 0 aliphatic heterocycles. The van der Waals surface area contributed by atoms with Crippen molar-refractivity contribution >= 4 is 34.1 Å². The molecular formula is C22H24BrN3O4. The summed E-state index contributed by atoms with van der Waals surface area (Å²) >= 11 is 3.40. The summed E-state index contributed by atoms with van der Waals surface area (Å²) in [5.41, 5.74) is 3.97. The van der Waals surface area contributed by atoms with Crippen LogP contribution >= 0.6 is 15.9 Å². The smallest absolute Gasteiger partial charge is 0.407 e. The third-order valence-corrected chi connectivity index (χ3v) is 4.37. The minimum absolute atomic E-state index is 0.00151. The molecule has 0 fully saturated rings. The molecule has 0 aromatic heterocycles. The van der Waals surface area contributed by atoms with E-state index in [1.54, 1.807) is 19.1 Å². The van der Waals surface area contributed by atoms with Crippen molar-refractivity contribution in [1.29, 1.82) is 0 Å². The summed E-state index contributed by atoms with van der Waals surface area (Å²) in [7, 11) is 0. The maximum Gasteiger partial charge on any atom is 0.407 e. The zero-order valence-corrected chi connectivity index (χ0v) is 18.2. The van der Waals surface area contributed by atoms with Gasteiger partial charge in [0.15, 0.2) is 0 Å². The molecule has 0 aliphatic carbocycles. The molecule has 2 N–H and O–H groups in total. The number of benzene rings is 2. The van der Waals surface area contributed by atoms with Gasteiger partial charge in [0.05, 0.1) is 25.3 Å². The molecule has 2 aromatic carbocycles. The van der Waals surface area contributed by atoms with Gasteiger partial charge in [0, 0.05) is 10.0 Å². The summed E-state index contributed by atoms with van der Waals surface area (Å²) in [5, 5.41) is 6.72. The minimum Gasteiger partial charge on any atom is -0.489 e. The Labute approximate surface area is 184 Å². The average molecular weight is 474 g/mol. The fourth-order valence-electron chi connectivity index (χ4n) is 2.56. The van der Waals surface area contributed by atoms with Gasteiger partial charge in [0.1, 0.15) is 12.4 Å². The van der Waals surface area contributed by atoms with E-state index in [0.29, 0.717) is 17.9 Å². The van der Waals surface area contributed by atoms with E-state index in [1.807, 2.05) is 42.5 Å². The number of rotatable bonds is 10. The molecule has 0 aliphatic rings. The molecule has 2 aromatic rings. The van der Waals surface area contributed by atoms with Gasteiger partial charge >= 0.3 is 6.09 Å². The molecule has 0 bridgehead atoms. The van der Waals surface area contributed by atoms with Crippen LogP contribution in [0.3, 0.4) is 0 Å². The van der Waals surface area contributed by atoms with Gasteiger partial charge < -0.3 is 14.8 Å². The van der Waals surface area contributed by atoms with Crippen molar-refractivity contribution in [3.05, 3.63) is 76.8 Å². The van der Waals surface area contributed by atoms with E-state index in [1.165, 1.54) is 6.21 Å². The lowest BCUT2D eigenvalue weighted by Gasteiger charge is -2.18. The first kappa shape index (κ1) is 23.2. The Morgan fingerprint density at radius 3 is 2.70 bits per heavy atom. The standard InChI is InChI=1S/C22H24BrN3O4/c1-3-12-30-20-11-10-18(23)13-17(20)15-24-26-21(27)14-19(25-22(28)29-4-2)16-8-6-5-7-9-16/h3,5-11,13,15,19H,1,4,12,14H2,2H3,(H,25,28)(H,26,27)/b24-15-/t19-/m1/s1. The van der Waals surface area contributed by atoms with Crippen LogP contribution in [0.4, 0.5) is 4.79 Å². The second-order valence-electron chi connectivity index (χ2n) is 6.11. The third-order valence-electron chi connectivity index (χ3n) is 3.88. The molecule has 158 valence electrons. The van der Waals surface area contributed by atoms with E-state index in [0.717, 1.165) is 10.0 Å². The zero-order chi connectivity index (χ0) is 21.8. The maximum absolute atomic E-state index is 12.4. The molecule has 7 nitrogen and oxygen atoms in total. The highest BCUT2D eigenvalue weighted by Crippen LogP contribution is 2.22. The molecule has 2 rings (SSSR count). The molecular weight excluding hydrogens is 450 g/mol. The molecule has 0 saturated carbocycles. The Hall–Kier alpha value is -3.13. The fraction of sp³-hybridized carbons (Fsp3) is 0.227. The summed E-state index contributed by atoms with van der Waals surface area (Å²) in [6.45, 7) is 5.94. The highest BCUT2D eigenvalue weighted by Gasteiger charge is 2.18. The van der Waals surface area contributed by atoms with Gasteiger partial charge in [-0.3, -0.25) is 4.79 Å². The first-order valence-electron chi connectivity index (χ1n) is 9.36. The monoisotopic (exact) mass is 473 g/mol. The minimum atomic E-state index is -0.583. The number of halogens is 1. The van der Waals surface area contributed by atoms with Crippen LogP contribution in [0.25, 0.3) is 0 Å². The van der Waals surface area contributed by atoms with Gasteiger partial charge in [-0.25, -0.2) is 10.2 Å². The molecule has 8 heteroatoms. The third kappa shape index (κ3) is 7.71. The number of carbonyl (C=O) groups is 2. The van der Waals surface area contributed by atoms with E-state index >= 15 is 0 Å². The first-order chi connectivity index (χ1) is 14.5. The molecule has 1 atom stereocenters. The van der Waals surface area contributed by atoms with Crippen LogP contribution in [0.2, 0.25) is 0 Å². The number of hydrogen-bond donors (Lipinski definition) is 2. The lowest BCUT2D eigenvalue weighted by atomic mass is 10.0. The number of alkyl carbamates (subject to hydrolysis) is 1. The molecule has 0 unspecified atom stereocenters. The van der Waals surface area contributed by atoms with Crippen molar-refractivity contribution in [3.63, 3.8) is 0 Å². The highest BCUT2D eigenvalue weighted by atomic mass is 79.9. The first-order valence-corrected chi connectivity index (χ1v) is 10.2. The Kier molecular flexibility index (Phi) is 9.60. The van der Waals surface area contributed by atoms with E-state index in [4.69, 9.17) is 9.47 Å². The van der Waals surface area contributed by atoms with Crippen LogP contribution in [-0.2, 0) is 9.53 Å². The lowest BCUT2D eigenvalue weighted by molar-refractivity contribution is -0.121. The molecule has 0 spiro atoms. The molecule has 0 heterocycles. The summed E-state index contributed by atoms with van der Waals surface area (Å²) in [4.78, 5) is 24.3. The summed E-state index contributed by atoms with van der Waals surface area (Å²) in [5.74, 6) is 0.252. The van der Waals surface area contributed by atoms with E-state index in [2.05, 4.69) is 38.4 Å². The largest absolute Gasteiger partial charge is 0.489 e. The molecule has 30 heavy (non-hydrogen) atoms. The number of nitrogens with zero attached hydrogens (tertiary/aromatic N) is 1. The SMILES string of the molecule is C=CCOc1ccc(Br)cc1/C=N\NC(=O)C[C@@H](NC(=O)OCC)c1ccccc1. The van der Waals surface area contributed by atoms with Crippen LogP contribution in [0.15, 0.2) is 70.8 Å². The van der Waals surface area contributed by atoms with Crippen molar-refractivity contribution in [3.8, 4) is 5.75 Å². The zero-order valence-electron chi connectivity index (χ0n) is 16.6. The predicted octanol–water partition coefficient (Wildman–Crippen LogP) is 4.34. The number of nitrogens with one attached hydrogen (secondary N) is 2. The van der Waals surface area contributed by atoms with Crippen molar-refractivity contribution in [2.45, 2.75) is 19.4 Å². The Balaban J connectivity index is 2.04. The van der Waals surface area contributed by atoms with Crippen LogP contribution in [0.1, 0.15) is 30.5 Å². The number of hydrogen-bond acceptors (Lipinski definition) is 5. The van der Waals surface area contributed by atoms with Gasteiger partial charge in [-0.2, -0.15) is 5.10 Å². The normalized spacial score (nSPS) is 11.5.